The lowest BCUT2D eigenvalue weighted by Crippen LogP contribution is -2.29. The molecular weight excluding hydrogens is 506 g/mol. The molecule has 1 heterocycles. The number of ether oxygens (including phenoxy) is 4. The van der Waals surface area contributed by atoms with Crippen molar-refractivity contribution in [2.24, 2.45) is 0 Å². The number of fused-ring (bicyclic) bond motifs is 2. The SMILES string of the molecule is COc1cc(C(=O)NC(C)c2nc3ccccc3n2CCCOc2ccc3ccccc3c2)cc(OC)c1OC. The molecule has 1 amide bonds. The Morgan fingerprint density at radius 3 is 2.30 bits per heavy atom. The van der Waals surface area contributed by atoms with Crippen LogP contribution in [0.5, 0.6) is 23.0 Å². The fourth-order valence-corrected chi connectivity index (χ4v) is 4.89. The van der Waals surface area contributed by atoms with E-state index in [1.54, 1.807) is 12.1 Å². The van der Waals surface area contributed by atoms with Crippen LogP contribution in [0.25, 0.3) is 21.8 Å². The third kappa shape index (κ3) is 5.52. The summed E-state index contributed by atoms with van der Waals surface area (Å²) in [7, 11) is 4.57. The first-order valence-corrected chi connectivity index (χ1v) is 13.2. The van der Waals surface area contributed by atoms with E-state index in [0.29, 0.717) is 36.0 Å². The normalized spacial score (nSPS) is 11.8. The van der Waals surface area contributed by atoms with Gasteiger partial charge in [-0.1, -0.05) is 42.5 Å². The summed E-state index contributed by atoms with van der Waals surface area (Å²) in [5, 5.41) is 5.42. The van der Waals surface area contributed by atoms with Gasteiger partial charge in [0.2, 0.25) is 5.75 Å². The van der Waals surface area contributed by atoms with Crippen molar-refractivity contribution in [2.45, 2.75) is 25.9 Å². The van der Waals surface area contributed by atoms with Crippen molar-refractivity contribution < 1.29 is 23.7 Å². The lowest BCUT2D eigenvalue weighted by Gasteiger charge is -2.18. The number of carbonyl (C=O) groups excluding carboxylic acids is 1. The highest BCUT2D eigenvalue weighted by Crippen LogP contribution is 2.38. The first-order valence-electron chi connectivity index (χ1n) is 13.2. The van der Waals surface area contributed by atoms with Crippen molar-refractivity contribution in [1.29, 1.82) is 0 Å². The van der Waals surface area contributed by atoms with Gasteiger partial charge in [0.15, 0.2) is 11.5 Å². The Labute approximate surface area is 233 Å². The van der Waals surface area contributed by atoms with Crippen molar-refractivity contribution in [3.05, 3.63) is 90.3 Å². The average Bonchev–Trinajstić information content (AvgIpc) is 3.37. The molecule has 0 aliphatic carbocycles. The van der Waals surface area contributed by atoms with Crippen LogP contribution in [0.15, 0.2) is 78.9 Å². The number of imidazole rings is 1. The van der Waals surface area contributed by atoms with Crippen molar-refractivity contribution in [3.8, 4) is 23.0 Å². The number of aryl methyl sites for hydroxylation is 1. The molecule has 8 heteroatoms. The van der Waals surface area contributed by atoms with Crippen molar-refractivity contribution in [2.75, 3.05) is 27.9 Å². The highest BCUT2D eigenvalue weighted by molar-refractivity contribution is 5.96. The van der Waals surface area contributed by atoms with Gasteiger partial charge in [0.25, 0.3) is 5.91 Å². The number of hydrogen-bond donors (Lipinski definition) is 1. The molecule has 0 bridgehead atoms. The number of rotatable bonds is 11. The monoisotopic (exact) mass is 539 g/mol. The van der Waals surface area contributed by atoms with Gasteiger partial charge >= 0.3 is 0 Å². The van der Waals surface area contributed by atoms with Gasteiger partial charge in [-0.3, -0.25) is 4.79 Å². The highest BCUT2D eigenvalue weighted by atomic mass is 16.5. The fraction of sp³-hybridized carbons (Fsp3) is 0.250. The Hall–Kier alpha value is -4.72. The van der Waals surface area contributed by atoms with Crippen LogP contribution in [-0.4, -0.2) is 43.4 Å². The second-order valence-corrected chi connectivity index (χ2v) is 9.43. The van der Waals surface area contributed by atoms with E-state index in [1.165, 1.54) is 26.7 Å². The predicted molar refractivity (Wildman–Crippen MR) is 156 cm³/mol. The molecule has 4 aromatic carbocycles. The van der Waals surface area contributed by atoms with Gasteiger partial charge in [-0.25, -0.2) is 4.98 Å². The number of nitrogens with one attached hydrogen (secondary N) is 1. The number of amides is 1. The van der Waals surface area contributed by atoms with E-state index in [1.807, 2.05) is 49.4 Å². The van der Waals surface area contributed by atoms with Gasteiger partial charge in [0.05, 0.1) is 45.0 Å². The molecule has 0 saturated carbocycles. The molecule has 1 N–H and O–H groups in total. The zero-order chi connectivity index (χ0) is 28.1. The molecule has 0 fully saturated rings. The molecule has 1 atom stereocenters. The maximum atomic E-state index is 13.3. The van der Waals surface area contributed by atoms with Crippen LogP contribution < -0.4 is 24.3 Å². The minimum Gasteiger partial charge on any atom is -0.494 e. The van der Waals surface area contributed by atoms with Crippen molar-refractivity contribution in [3.63, 3.8) is 0 Å². The number of hydrogen-bond acceptors (Lipinski definition) is 6. The third-order valence-electron chi connectivity index (χ3n) is 6.86. The summed E-state index contributed by atoms with van der Waals surface area (Å²) in [5.41, 5.74) is 2.28. The smallest absolute Gasteiger partial charge is 0.252 e. The number of nitrogens with zero attached hydrogens (tertiary/aromatic N) is 2. The minimum absolute atomic E-state index is 0.273. The molecule has 0 aliphatic heterocycles. The van der Waals surface area contributed by atoms with E-state index >= 15 is 0 Å². The van der Waals surface area contributed by atoms with Crippen LogP contribution in [-0.2, 0) is 6.54 Å². The van der Waals surface area contributed by atoms with Gasteiger partial charge in [-0.2, -0.15) is 0 Å². The Balaban J connectivity index is 1.31. The van der Waals surface area contributed by atoms with E-state index in [9.17, 15) is 4.79 Å². The van der Waals surface area contributed by atoms with Crippen LogP contribution in [0.1, 0.15) is 35.6 Å². The van der Waals surface area contributed by atoms with E-state index in [-0.39, 0.29) is 11.9 Å². The summed E-state index contributed by atoms with van der Waals surface area (Å²) < 4.78 is 24.4. The van der Waals surface area contributed by atoms with E-state index in [4.69, 9.17) is 23.9 Å². The summed E-state index contributed by atoms with van der Waals surface area (Å²) in [4.78, 5) is 18.1. The number of para-hydroxylation sites is 2. The third-order valence-corrected chi connectivity index (χ3v) is 6.86. The van der Waals surface area contributed by atoms with Crippen molar-refractivity contribution in [1.82, 2.24) is 14.9 Å². The lowest BCUT2D eigenvalue weighted by atomic mass is 10.1. The van der Waals surface area contributed by atoms with E-state index < -0.39 is 0 Å². The molecule has 0 aliphatic rings. The largest absolute Gasteiger partial charge is 0.494 e. The molecule has 8 nitrogen and oxygen atoms in total. The molecule has 206 valence electrons. The quantitative estimate of drug-likeness (QED) is 0.202. The molecule has 1 unspecified atom stereocenters. The molecule has 0 spiro atoms. The summed E-state index contributed by atoms with van der Waals surface area (Å²) in [6.07, 6.45) is 0.772. The maximum Gasteiger partial charge on any atom is 0.252 e. The predicted octanol–water partition coefficient (Wildman–Crippen LogP) is 6.18. The molecule has 1 aromatic heterocycles. The average molecular weight is 540 g/mol. The topological polar surface area (TPSA) is 83.8 Å². The van der Waals surface area contributed by atoms with Gasteiger partial charge in [-0.15, -0.1) is 0 Å². The second-order valence-electron chi connectivity index (χ2n) is 9.43. The van der Waals surface area contributed by atoms with Crippen molar-refractivity contribution >= 4 is 27.7 Å². The first-order chi connectivity index (χ1) is 19.5. The maximum absolute atomic E-state index is 13.3. The first kappa shape index (κ1) is 26.9. The zero-order valence-corrected chi connectivity index (χ0v) is 23.1. The van der Waals surface area contributed by atoms with Gasteiger partial charge in [0, 0.05) is 12.1 Å². The summed E-state index contributed by atoms with van der Waals surface area (Å²) in [5.74, 6) is 2.61. The summed E-state index contributed by atoms with van der Waals surface area (Å²) in [6, 6.07) is 25.3. The van der Waals surface area contributed by atoms with Crippen LogP contribution in [0.2, 0.25) is 0 Å². The van der Waals surface area contributed by atoms with Gasteiger partial charge < -0.3 is 28.8 Å². The van der Waals surface area contributed by atoms with E-state index in [0.717, 1.165) is 34.4 Å². The Kier molecular flexibility index (Phi) is 8.05. The second kappa shape index (κ2) is 12.0. The Morgan fingerprint density at radius 2 is 1.57 bits per heavy atom. The number of methoxy groups -OCH3 is 3. The Bertz CT molecular complexity index is 1620. The van der Waals surface area contributed by atoms with Gasteiger partial charge in [-0.05, 0) is 60.5 Å². The molecule has 40 heavy (non-hydrogen) atoms. The van der Waals surface area contributed by atoms with E-state index in [2.05, 4.69) is 34.1 Å². The standard InChI is InChI=1S/C32H33N3O5/c1-21(33-32(36)24-19-28(37-2)30(39-4)29(20-24)38-3)31-34-26-12-7-8-13-27(26)35(31)16-9-17-40-25-15-14-22-10-5-6-11-23(22)18-25/h5-8,10-15,18-21H,9,16-17H2,1-4H3,(H,33,36). The van der Waals surface area contributed by atoms with Crippen LogP contribution >= 0.6 is 0 Å². The molecular formula is C32H33N3O5. The zero-order valence-electron chi connectivity index (χ0n) is 23.1. The lowest BCUT2D eigenvalue weighted by molar-refractivity contribution is 0.0936. The number of benzene rings is 4. The molecule has 0 radical (unpaired) electrons. The van der Waals surface area contributed by atoms with Crippen LogP contribution in [0, 0.1) is 0 Å². The number of aromatic nitrogens is 2. The fourth-order valence-electron chi connectivity index (χ4n) is 4.89. The molecule has 0 saturated heterocycles. The molecule has 5 aromatic rings. The summed E-state index contributed by atoms with van der Waals surface area (Å²) in [6.45, 7) is 3.17. The Morgan fingerprint density at radius 1 is 0.875 bits per heavy atom. The molecule has 5 rings (SSSR count). The number of carbonyl (C=O) groups is 1. The minimum atomic E-state index is -0.361. The van der Waals surface area contributed by atoms with Crippen LogP contribution in [0.3, 0.4) is 0 Å². The van der Waals surface area contributed by atoms with Crippen LogP contribution in [0.4, 0.5) is 0 Å². The highest BCUT2D eigenvalue weighted by Gasteiger charge is 2.22. The summed E-state index contributed by atoms with van der Waals surface area (Å²) >= 11 is 0. The van der Waals surface area contributed by atoms with Gasteiger partial charge in [0.1, 0.15) is 11.6 Å².